The van der Waals surface area contributed by atoms with Crippen LogP contribution >= 0.6 is 23.7 Å². The van der Waals surface area contributed by atoms with Gasteiger partial charge in [-0.05, 0) is 30.5 Å². The van der Waals surface area contributed by atoms with Gasteiger partial charge >= 0.3 is 0 Å². The summed E-state index contributed by atoms with van der Waals surface area (Å²) in [5.41, 5.74) is 6.94. The maximum Gasteiger partial charge on any atom is 0.123 e. The summed E-state index contributed by atoms with van der Waals surface area (Å²) in [6.07, 6.45) is 2.26. The quantitative estimate of drug-likeness (QED) is 0.893. The summed E-state index contributed by atoms with van der Waals surface area (Å²) >= 11 is 1.39. The molecular weight excluding hydrogens is 287 g/mol. The smallest absolute Gasteiger partial charge is 0.123 e. The minimum Gasteiger partial charge on any atom is -0.384 e. The highest BCUT2D eigenvalue weighted by Crippen LogP contribution is 2.20. The van der Waals surface area contributed by atoms with Gasteiger partial charge in [0.15, 0.2) is 0 Å². The van der Waals surface area contributed by atoms with Crippen LogP contribution in [-0.2, 0) is 6.42 Å². The zero-order valence-corrected chi connectivity index (χ0v) is 11.8. The molecule has 2 atom stereocenters. The van der Waals surface area contributed by atoms with E-state index in [-0.39, 0.29) is 24.3 Å². The molecule has 0 bridgehead atoms. The first-order chi connectivity index (χ1) is 8.66. The van der Waals surface area contributed by atoms with Gasteiger partial charge in [0.25, 0.3) is 0 Å². The van der Waals surface area contributed by atoms with E-state index in [4.69, 9.17) is 5.73 Å². The molecule has 1 aromatic heterocycles. The monoisotopic (exact) mass is 302 g/mol. The van der Waals surface area contributed by atoms with Crippen LogP contribution in [0.2, 0.25) is 0 Å². The number of benzene rings is 1. The summed E-state index contributed by atoms with van der Waals surface area (Å²) in [5.74, 6) is -0.245. The number of hydrogen-bond donors (Lipinski definition) is 2. The normalized spacial score (nSPS) is 13.6. The highest BCUT2D eigenvalue weighted by Gasteiger charge is 2.18. The van der Waals surface area contributed by atoms with Crippen molar-refractivity contribution in [3.63, 3.8) is 0 Å². The number of aromatic nitrogens is 1. The molecule has 3 N–H and O–H groups in total. The summed E-state index contributed by atoms with van der Waals surface area (Å²) in [4.78, 5) is 4.04. The van der Waals surface area contributed by atoms with Crippen molar-refractivity contribution in [3.8, 4) is 0 Å². The zero-order chi connectivity index (χ0) is 13.0. The van der Waals surface area contributed by atoms with E-state index < -0.39 is 6.10 Å². The van der Waals surface area contributed by atoms with Gasteiger partial charge in [0.05, 0.1) is 0 Å². The van der Waals surface area contributed by atoms with Crippen LogP contribution in [0.25, 0.3) is 0 Å². The van der Waals surface area contributed by atoms with Crippen molar-refractivity contribution in [2.75, 3.05) is 0 Å². The summed E-state index contributed by atoms with van der Waals surface area (Å²) in [7, 11) is 0. The van der Waals surface area contributed by atoms with Gasteiger partial charge in [0.2, 0.25) is 0 Å². The number of aliphatic hydroxyl groups excluding tert-OH is 1. The van der Waals surface area contributed by atoms with Gasteiger partial charge < -0.3 is 10.8 Å². The predicted molar refractivity (Wildman–Crippen MR) is 77.0 cm³/mol. The number of aliphatic hydroxyl groups is 1. The Morgan fingerprint density at radius 1 is 1.32 bits per heavy atom. The Balaban J connectivity index is 0.00000180. The second-order valence-electron chi connectivity index (χ2n) is 4.14. The van der Waals surface area contributed by atoms with Crippen molar-refractivity contribution >= 4 is 23.7 Å². The highest BCUT2D eigenvalue weighted by atomic mass is 35.5. The molecule has 3 nitrogen and oxygen atoms in total. The van der Waals surface area contributed by atoms with Crippen LogP contribution < -0.4 is 5.73 Å². The van der Waals surface area contributed by atoms with E-state index in [0.717, 1.165) is 5.56 Å². The van der Waals surface area contributed by atoms with E-state index in [0.29, 0.717) is 17.8 Å². The first-order valence-corrected chi connectivity index (χ1v) is 6.62. The first kappa shape index (κ1) is 16.0. The van der Waals surface area contributed by atoms with Crippen LogP contribution in [0.4, 0.5) is 4.39 Å². The van der Waals surface area contributed by atoms with Crippen molar-refractivity contribution in [1.29, 1.82) is 0 Å². The first-order valence-electron chi connectivity index (χ1n) is 5.74. The summed E-state index contributed by atoms with van der Waals surface area (Å²) < 4.78 is 12.7. The van der Waals surface area contributed by atoms with Crippen molar-refractivity contribution in [2.24, 2.45) is 5.73 Å². The molecular formula is C13H16ClFN2OS. The van der Waals surface area contributed by atoms with Gasteiger partial charge in [-0.3, -0.25) is 0 Å². The number of nitrogens with zero attached hydrogens (tertiary/aromatic N) is 1. The molecule has 1 unspecified atom stereocenters. The van der Waals surface area contributed by atoms with Crippen LogP contribution in [-0.4, -0.2) is 16.1 Å². The number of nitrogens with two attached hydrogens (primary N) is 1. The van der Waals surface area contributed by atoms with Crippen molar-refractivity contribution in [2.45, 2.75) is 25.0 Å². The van der Waals surface area contributed by atoms with Crippen molar-refractivity contribution in [1.82, 2.24) is 4.98 Å². The topological polar surface area (TPSA) is 59.1 Å². The number of rotatable bonds is 5. The predicted octanol–water partition coefficient (Wildman–Crippen LogP) is 2.70. The molecule has 1 heterocycles. The molecule has 19 heavy (non-hydrogen) atoms. The van der Waals surface area contributed by atoms with Crippen molar-refractivity contribution in [3.05, 3.63) is 52.2 Å². The third-order valence-electron chi connectivity index (χ3n) is 2.79. The average molecular weight is 303 g/mol. The fraction of sp³-hybridized carbons (Fsp3) is 0.308. The second-order valence-corrected chi connectivity index (χ2v) is 5.07. The van der Waals surface area contributed by atoms with E-state index in [2.05, 4.69) is 4.98 Å². The number of halogens is 2. The van der Waals surface area contributed by atoms with E-state index in [1.165, 1.54) is 23.5 Å². The maximum absolute atomic E-state index is 12.7. The highest BCUT2D eigenvalue weighted by molar-refractivity contribution is 7.09. The lowest BCUT2D eigenvalue weighted by Gasteiger charge is -2.16. The third kappa shape index (κ3) is 4.54. The molecule has 2 rings (SSSR count). The second kappa shape index (κ2) is 7.55. The Bertz CT molecular complexity index is 478. The van der Waals surface area contributed by atoms with E-state index in [9.17, 15) is 9.50 Å². The maximum atomic E-state index is 12.7. The molecule has 0 aliphatic heterocycles. The molecule has 0 aliphatic carbocycles. The van der Waals surface area contributed by atoms with E-state index in [1.807, 2.05) is 5.38 Å². The largest absolute Gasteiger partial charge is 0.384 e. The van der Waals surface area contributed by atoms with Crippen LogP contribution in [0.15, 0.2) is 35.8 Å². The number of thiazole rings is 1. The molecule has 0 fully saturated rings. The van der Waals surface area contributed by atoms with Crippen LogP contribution in [0, 0.1) is 5.82 Å². The van der Waals surface area contributed by atoms with Crippen molar-refractivity contribution < 1.29 is 9.50 Å². The minimum absolute atomic E-state index is 0. The third-order valence-corrected chi connectivity index (χ3v) is 3.64. The fourth-order valence-electron chi connectivity index (χ4n) is 1.71. The SMILES string of the molecule is Cl.N[C@@H](CCc1ccc(F)cc1)C(O)c1nccs1. The van der Waals surface area contributed by atoms with Crippen LogP contribution in [0.1, 0.15) is 23.1 Å². The molecule has 6 heteroatoms. The molecule has 0 radical (unpaired) electrons. The number of hydrogen-bond acceptors (Lipinski definition) is 4. The lowest BCUT2D eigenvalue weighted by atomic mass is 10.0. The Morgan fingerprint density at radius 2 is 2.00 bits per heavy atom. The van der Waals surface area contributed by atoms with Gasteiger partial charge in [-0.15, -0.1) is 23.7 Å². The lowest BCUT2D eigenvalue weighted by Crippen LogP contribution is -2.28. The van der Waals surface area contributed by atoms with E-state index >= 15 is 0 Å². The Labute approximate surface area is 121 Å². The average Bonchev–Trinajstić information content (AvgIpc) is 2.90. The van der Waals surface area contributed by atoms with Gasteiger partial charge in [0, 0.05) is 17.6 Å². The fourth-order valence-corrected chi connectivity index (χ4v) is 2.40. The Morgan fingerprint density at radius 3 is 2.58 bits per heavy atom. The Kier molecular flexibility index (Phi) is 6.37. The lowest BCUT2D eigenvalue weighted by molar-refractivity contribution is 0.142. The molecule has 0 spiro atoms. The molecule has 0 aliphatic rings. The molecule has 0 saturated heterocycles. The molecule has 1 aromatic carbocycles. The molecule has 0 amide bonds. The summed E-state index contributed by atoms with van der Waals surface area (Å²) in [5, 5.41) is 12.4. The molecule has 2 aromatic rings. The van der Waals surface area contributed by atoms with Gasteiger partial charge in [-0.1, -0.05) is 12.1 Å². The number of aryl methyl sites for hydroxylation is 1. The summed E-state index contributed by atoms with van der Waals surface area (Å²) in [6.45, 7) is 0. The molecule has 104 valence electrons. The van der Waals surface area contributed by atoms with Crippen LogP contribution in [0.5, 0.6) is 0 Å². The molecule has 0 saturated carbocycles. The van der Waals surface area contributed by atoms with Crippen LogP contribution in [0.3, 0.4) is 0 Å². The van der Waals surface area contributed by atoms with E-state index in [1.54, 1.807) is 18.3 Å². The zero-order valence-electron chi connectivity index (χ0n) is 10.2. The standard InChI is InChI=1S/C13H15FN2OS.ClH/c14-10-4-1-9(2-5-10)3-6-11(15)12(17)13-16-7-8-18-13;/h1-2,4-5,7-8,11-12,17H,3,6,15H2;1H/t11-,12?;/m0./s1. The van der Waals surface area contributed by atoms with Gasteiger partial charge in [-0.25, -0.2) is 9.37 Å². The minimum atomic E-state index is -0.731. The Hall–Kier alpha value is -1.01. The van der Waals surface area contributed by atoms with Gasteiger partial charge in [0.1, 0.15) is 16.9 Å². The summed E-state index contributed by atoms with van der Waals surface area (Å²) in [6, 6.07) is 5.97. The van der Waals surface area contributed by atoms with Gasteiger partial charge in [-0.2, -0.15) is 0 Å².